The number of methoxy groups -OCH3 is 1. The number of anilines is 1. The number of halogens is 1. The van der Waals surface area contributed by atoms with Gasteiger partial charge in [0, 0.05) is 43.4 Å². The van der Waals surface area contributed by atoms with Crippen LogP contribution in [0.25, 0.3) is 0 Å². The van der Waals surface area contributed by atoms with Crippen LogP contribution >= 0.6 is 11.6 Å². The zero-order valence-electron chi connectivity index (χ0n) is 20.6. The van der Waals surface area contributed by atoms with E-state index in [1.165, 1.54) is 5.69 Å². The van der Waals surface area contributed by atoms with Crippen molar-refractivity contribution >= 4 is 29.2 Å². The largest absolute Gasteiger partial charge is 0.497 e. The van der Waals surface area contributed by atoms with Gasteiger partial charge in [-0.05, 0) is 47.5 Å². The quantitative estimate of drug-likeness (QED) is 0.416. The minimum atomic E-state index is -1.82. The average molecular weight is 527 g/mol. The van der Waals surface area contributed by atoms with Gasteiger partial charge in [-0.15, -0.1) is 0 Å². The van der Waals surface area contributed by atoms with Crippen LogP contribution in [0.3, 0.4) is 0 Å². The maximum Gasteiger partial charge on any atom is 0.414 e. The summed E-state index contributed by atoms with van der Waals surface area (Å²) in [5.41, 5.74) is 3.54. The highest BCUT2D eigenvalue weighted by molar-refractivity contribution is 6.30. The molecule has 196 valence electrons. The van der Waals surface area contributed by atoms with Crippen molar-refractivity contribution in [3.05, 3.63) is 95.0 Å². The van der Waals surface area contributed by atoms with Gasteiger partial charge in [-0.3, -0.25) is 4.90 Å². The topological polar surface area (TPSA) is 99.5 Å². The van der Waals surface area contributed by atoms with Gasteiger partial charge in [-0.25, -0.2) is 9.59 Å². The summed E-state index contributed by atoms with van der Waals surface area (Å²) in [6.45, 7) is 5.72. The lowest BCUT2D eigenvalue weighted by Crippen LogP contribution is -2.47. The van der Waals surface area contributed by atoms with Crippen LogP contribution in [0.1, 0.15) is 17.2 Å². The number of carbonyl (C=O) groups is 2. The summed E-state index contributed by atoms with van der Waals surface area (Å²) in [7, 11) is 1.70. The Morgan fingerprint density at radius 3 is 1.95 bits per heavy atom. The lowest BCUT2D eigenvalue weighted by atomic mass is 10.0. The van der Waals surface area contributed by atoms with Crippen LogP contribution in [0.15, 0.2) is 78.9 Å². The molecule has 1 heterocycles. The fourth-order valence-corrected chi connectivity index (χ4v) is 4.10. The molecule has 1 aliphatic rings. The predicted molar refractivity (Wildman–Crippen MR) is 143 cm³/mol. The normalized spacial score (nSPS) is 14.3. The van der Waals surface area contributed by atoms with E-state index in [0.717, 1.165) is 54.6 Å². The SMILES string of the molecule is COc1ccc(N2CCN(CCOC(c3ccccc3)c3ccc(Cl)cc3)CC2)cc1.O=C(O)C(=O)O. The van der Waals surface area contributed by atoms with Crippen molar-refractivity contribution in [2.75, 3.05) is 51.3 Å². The molecule has 4 rings (SSSR count). The Morgan fingerprint density at radius 1 is 0.838 bits per heavy atom. The number of rotatable bonds is 8. The number of benzene rings is 3. The van der Waals surface area contributed by atoms with E-state index in [-0.39, 0.29) is 6.10 Å². The van der Waals surface area contributed by atoms with E-state index in [4.69, 9.17) is 40.9 Å². The van der Waals surface area contributed by atoms with Crippen LogP contribution < -0.4 is 9.64 Å². The van der Waals surface area contributed by atoms with Crippen LogP contribution in [-0.2, 0) is 14.3 Å². The highest BCUT2D eigenvalue weighted by Gasteiger charge is 2.19. The molecule has 1 fully saturated rings. The predicted octanol–water partition coefficient (Wildman–Crippen LogP) is 4.43. The van der Waals surface area contributed by atoms with Crippen LogP contribution in [-0.4, -0.2) is 73.5 Å². The zero-order valence-corrected chi connectivity index (χ0v) is 21.4. The highest BCUT2D eigenvalue weighted by Crippen LogP contribution is 2.27. The lowest BCUT2D eigenvalue weighted by molar-refractivity contribution is -0.159. The molecule has 1 saturated heterocycles. The first-order chi connectivity index (χ1) is 17.9. The molecule has 8 nitrogen and oxygen atoms in total. The third kappa shape index (κ3) is 8.78. The molecule has 0 saturated carbocycles. The van der Waals surface area contributed by atoms with Crippen molar-refractivity contribution < 1.29 is 29.3 Å². The Bertz CT molecular complexity index is 1110. The van der Waals surface area contributed by atoms with Gasteiger partial charge in [0.05, 0.1) is 13.7 Å². The van der Waals surface area contributed by atoms with Gasteiger partial charge < -0.3 is 24.6 Å². The molecule has 2 N–H and O–H groups in total. The van der Waals surface area contributed by atoms with Crippen LogP contribution in [0.4, 0.5) is 5.69 Å². The van der Waals surface area contributed by atoms with Crippen molar-refractivity contribution in [3.8, 4) is 5.75 Å². The number of piperazine rings is 1. The van der Waals surface area contributed by atoms with Gasteiger partial charge in [0.15, 0.2) is 0 Å². The van der Waals surface area contributed by atoms with Crippen molar-refractivity contribution in [1.29, 1.82) is 0 Å². The Labute approximate surface area is 221 Å². The monoisotopic (exact) mass is 526 g/mol. The third-order valence-electron chi connectivity index (χ3n) is 5.96. The number of aliphatic carboxylic acids is 2. The smallest absolute Gasteiger partial charge is 0.414 e. The molecule has 1 unspecified atom stereocenters. The highest BCUT2D eigenvalue weighted by atomic mass is 35.5. The maximum atomic E-state index is 9.10. The molecule has 0 amide bonds. The van der Waals surface area contributed by atoms with E-state index in [2.05, 4.69) is 46.2 Å². The molecular weight excluding hydrogens is 496 g/mol. The molecule has 9 heteroatoms. The number of hydrogen-bond donors (Lipinski definition) is 2. The number of carboxylic acids is 2. The van der Waals surface area contributed by atoms with Gasteiger partial charge in [-0.2, -0.15) is 0 Å². The molecule has 0 aromatic heterocycles. The lowest BCUT2D eigenvalue weighted by Gasteiger charge is -2.36. The van der Waals surface area contributed by atoms with Crippen molar-refractivity contribution in [2.24, 2.45) is 0 Å². The van der Waals surface area contributed by atoms with Crippen LogP contribution in [0.2, 0.25) is 5.02 Å². The van der Waals surface area contributed by atoms with Crippen LogP contribution in [0, 0.1) is 0 Å². The van der Waals surface area contributed by atoms with Crippen molar-refractivity contribution in [3.63, 3.8) is 0 Å². The molecule has 3 aromatic rings. The summed E-state index contributed by atoms with van der Waals surface area (Å²) >= 11 is 6.08. The third-order valence-corrected chi connectivity index (χ3v) is 6.21. The first-order valence-electron chi connectivity index (χ1n) is 11.9. The zero-order chi connectivity index (χ0) is 26.6. The first-order valence-corrected chi connectivity index (χ1v) is 12.2. The van der Waals surface area contributed by atoms with Gasteiger partial charge in [0.25, 0.3) is 0 Å². The summed E-state index contributed by atoms with van der Waals surface area (Å²) in [6, 6.07) is 26.6. The summed E-state index contributed by atoms with van der Waals surface area (Å²) < 4.78 is 11.6. The van der Waals surface area contributed by atoms with Crippen molar-refractivity contribution in [2.45, 2.75) is 6.10 Å². The first kappa shape index (κ1) is 28.0. The van der Waals surface area contributed by atoms with E-state index >= 15 is 0 Å². The summed E-state index contributed by atoms with van der Waals surface area (Å²) in [4.78, 5) is 23.1. The molecule has 0 aliphatic carbocycles. The summed E-state index contributed by atoms with van der Waals surface area (Å²) in [5.74, 6) is -2.75. The molecule has 1 aliphatic heterocycles. The van der Waals surface area contributed by atoms with Crippen molar-refractivity contribution in [1.82, 2.24) is 4.90 Å². The average Bonchev–Trinajstić information content (AvgIpc) is 2.93. The Hall–Kier alpha value is -3.59. The minimum Gasteiger partial charge on any atom is -0.497 e. The molecule has 0 radical (unpaired) electrons. The minimum absolute atomic E-state index is 0.0842. The summed E-state index contributed by atoms with van der Waals surface area (Å²) in [6.07, 6.45) is -0.0842. The van der Waals surface area contributed by atoms with Crippen LogP contribution in [0.5, 0.6) is 5.75 Å². The molecular formula is C28H31ClN2O6. The number of nitrogens with zero attached hydrogens (tertiary/aromatic N) is 2. The second-order valence-electron chi connectivity index (χ2n) is 8.35. The van der Waals surface area contributed by atoms with Gasteiger partial charge >= 0.3 is 11.9 Å². The van der Waals surface area contributed by atoms with Gasteiger partial charge in [-0.1, -0.05) is 54.1 Å². The standard InChI is InChI=1S/C26H29ClN2O2.C2H2O4/c1-30-25-13-11-24(12-14-25)29-17-15-28(16-18-29)19-20-31-26(21-5-3-2-4-6-21)22-7-9-23(27)10-8-22;3-1(4)2(5)6/h2-14,26H,15-20H2,1H3;(H,3,4)(H,5,6). The van der Waals surface area contributed by atoms with E-state index < -0.39 is 11.9 Å². The van der Waals surface area contributed by atoms with E-state index in [1.54, 1.807) is 7.11 Å². The number of carboxylic acid groups (broad SMARTS) is 2. The summed E-state index contributed by atoms with van der Waals surface area (Å²) in [5, 5.41) is 15.5. The Balaban J connectivity index is 0.000000568. The Kier molecular flexibility index (Phi) is 10.8. The van der Waals surface area contributed by atoms with E-state index in [0.29, 0.717) is 6.61 Å². The van der Waals surface area contributed by atoms with E-state index in [9.17, 15) is 0 Å². The van der Waals surface area contributed by atoms with E-state index in [1.807, 2.05) is 42.5 Å². The molecule has 37 heavy (non-hydrogen) atoms. The van der Waals surface area contributed by atoms with Gasteiger partial charge in [0.2, 0.25) is 0 Å². The fraction of sp³-hybridized carbons (Fsp3) is 0.286. The molecule has 1 atom stereocenters. The number of ether oxygens (including phenoxy) is 2. The molecule has 0 bridgehead atoms. The Morgan fingerprint density at radius 2 is 1.41 bits per heavy atom. The van der Waals surface area contributed by atoms with Gasteiger partial charge in [0.1, 0.15) is 11.9 Å². The second-order valence-corrected chi connectivity index (χ2v) is 8.79. The number of hydrogen-bond acceptors (Lipinski definition) is 6. The maximum absolute atomic E-state index is 9.10. The molecule has 3 aromatic carbocycles. The molecule has 0 spiro atoms. The second kappa shape index (κ2) is 14.2. The fourth-order valence-electron chi connectivity index (χ4n) is 3.97.